The molecule has 0 spiro atoms. The van der Waals surface area contributed by atoms with Gasteiger partial charge in [-0.3, -0.25) is 4.79 Å². The minimum atomic E-state index is -0.506. The van der Waals surface area contributed by atoms with E-state index in [1.807, 2.05) is 13.0 Å². The highest BCUT2D eigenvalue weighted by molar-refractivity contribution is 9.10. The minimum Gasteiger partial charge on any atom is -0.494 e. The molecule has 3 aromatic carbocycles. The molecule has 1 amide bonds. The molecule has 0 radical (unpaired) electrons. The monoisotopic (exact) mass is 496 g/mol. The van der Waals surface area contributed by atoms with E-state index in [0.29, 0.717) is 34.8 Å². The summed E-state index contributed by atoms with van der Waals surface area (Å²) in [5.41, 5.74) is 3.98. The molecule has 0 bridgehead atoms. The first-order valence-corrected chi connectivity index (χ1v) is 10.5. The van der Waals surface area contributed by atoms with E-state index < -0.39 is 5.97 Å². The molecule has 0 fully saturated rings. The molecule has 0 unspecified atom stereocenters. The summed E-state index contributed by atoms with van der Waals surface area (Å²) in [6.45, 7) is 2.45. The Morgan fingerprint density at radius 2 is 1.78 bits per heavy atom. The number of hydrogen-bond acceptors (Lipinski definition) is 6. The van der Waals surface area contributed by atoms with Crippen molar-refractivity contribution in [2.24, 2.45) is 5.10 Å². The van der Waals surface area contributed by atoms with Crippen LogP contribution in [0.4, 0.5) is 0 Å². The van der Waals surface area contributed by atoms with Gasteiger partial charge in [0, 0.05) is 10.0 Å². The smallest absolute Gasteiger partial charge is 0.343 e. The van der Waals surface area contributed by atoms with Gasteiger partial charge in [0.1, 0.15) is 5.75 Å². The van der Waals surface area contributed by atoms with Crippen LogP contribution in [0.2, 0.25) is 0 Å². The van der Waals surface area contributed by atoms with Gasteiger partial charge in [-0.1, -0.05) is 22.0 Å². The third-order valence-corrected chi connectivity index (χ3v) is 4.75. The topological polar surface area (TPSA) is 86.2 Å². The maximum Gasteiger partial charge on any atom is 0.343 e. The molecule has 0 heterocycles. The Morgan fingerprint density at radius 3 is 2.47 bits per heavy atom. The van der Waals surface area contributed by atoms with Crippen molar-refractivity contribution in [2.75, 3.05) is 13.7 Å². The van der Waals surface area contributed by atoms with Crippen LogP contribution in [-0.2, 0) is 0 Å². The van der Waals surface area contributed by atoms with Crippen LogP contribution < -0.4 is 19.6 Å². The fourth-order valence-corrected chi connectivity index (χ4v) is 3.12. The highest BCUT2D eigenvalue weighted by atomic mass is 79.9. The van der Waals surface area contributed by atoms with Crippen LogP contribution in [0.5, 0.6) is 17.2 Å². The number of hydrogen-bond donors (Lipinski definition) is 1. The lowest BCUT2D eigenvalue weighted by Gasteiger charge is -2.10. The van der Waals surface area contributed by atoms with E-state index in [2.05, 4.69) is 26.5 Å². The second-order valence-corrected chi connectivity index (χ2v) is 7.38. The molecule has 32 heavy (non-hydrogen) atoms. The van der Waals surface area contributed by atoms with Crippen molar-refractivity contribution in [3.05, 3.63) is 87.9 Å². The standard InChI is InChI=1S/C24H21BrN2O5/c1-3-31-20-10-8-17(9-11-20)23(28)27-26-15-16-7-12-21(22(13-16)30-2)32-24(29)18-5-4-6-19(25)14-18/h4-15H,3H2,1-2H3,(H,27,28). The largest absolute Gasteiger partial charge is 0.494 e. The average molecular weight is 497 g/mol. The fraction of sp³-hybridized carbons (Fsp3) is 0.125. The minimum absolute atomic E-state index is 0.271. The highest BCUT2D eigenvalue weighted by Crippen LogP contribution is 2.28. The van der Waals surface area contributed by atoms with Crippen LogP contribution in [0.25, 0.3) is 0 Å². The molecule has 3 rings (SSSR count). The van der Waals surface area contributed by atoms with Gasteiger partial charge < -0.3 is 14.2 Å². The van der Waals surface area contributed by atoms with E-state index in [0.717, 1.165) is 4.47 Å². The van der Waals surface area contributed by atoms with Crippen LogP contribution in [0, 0.1) is 0 Å². The molecule has 0 aliphatic carbocycles. The summed E-state index contributed by atoms with van der Waals surface area (Å²) < 4.78 is 16.9. The van der Waals surface area contributed by atoms with Crippen LogP contribution in [0.1, 0.15) is 33.2 Å². The zero-order valence-electron chi connectivity index (χ0n) is 17.5. The van der Waals surface area contributed by atoms with Crippen molar-refractivity contribution in [3.63, 3.8) is 0 Å². The number of hydrazone groups is 1. The summed E-state index contributed by atoms with van der Waals surface area (Å²) in [6.07, 6.45) is 1.47. The molecule has 164 valence electrons. The number of esters is 1. The van der Waals surface area contributed by atoms with Gasteiger partial charge in [-0.2, -0.15) is 5.10 Å². The zero-order valence-corrected chi connectivity index (χ0v) is 19.1. The molecule has 1 N–H and O–H groups in total. The lowest BCUT2D eigenvalue weighted by atomic mass is 10.2. The zero-order chi connectivity index (χ0) is 22.9. The summed E-state index contributed by atoms with van der Waals surface area (Å²) in [7, 11) is 1.47. The van der Waals surface area contributed by atoms with E-state index >= 15 is 0 Å². The first-order chi connectivity index (χ1) is 15.5. The third-order valence-electron chi connectivity index (χ3n) is 4.26. The second kappa shape index (κ2) is 11.1. The number of nitrogens with one attached hydrogen (secondary N) is 1. The number of carbonyl (C=O) groups excluding carboxylic acids is 2. The summed E-state index contributed by atoms with van der Waals surface area (Å²) in [5, 5.41) is 3.98. The van der Waals surface area contributed by atoms with Gasteiger partial charge in [0.2, 0.25) is 0 Å². The van der Waals surface area contributed by atoms with Gasteiger partial charge in [-0.25, -0.2) is 10.2 Å². The van der Waals surface area contributed by atoms with E-state index in [1.54, 1.807) is 60.7 Å². The average Bonchev–Trinajstić information content (AvgIpc) is 2.80. The van der Waals surface area contributed by atoms with Crippen molar-refractivity contribution in [1.29, 1.82) is 0 Å². The molecule has 0 saturated carbocycles. The maximum absolute atomic E-state index is 12.4. The van der Waals surface area contributed by atoms with Gasteiger partial charge in [0.15, 0.2) is 11.5 Å². The number of rotatable bonds is 8. The van der Waals surface area contributed by atoms with Crippen LogP contribution in [0.15, 0.2) is 76.3 Å². The molecule has 0 aliphatic heterocycles. The molecule has 0 saturated heterocycles. The fourth-order valence-electron chi connectivity index (χ4n) is 2.72. The van der Waals surface area contributed by atoms with Crippen molar-refractivity contribution in [2.45, 2.75) is 6.92 Å². The molecule has 0 atom stereocenters. The van der Waals surface area contributed by atoms with Gasteiger partial charge in [-0.05, 0) is 73.2 Å². The normalized spacial score (nSPS) is 10.6. The lowest BCUT2D eigenvalue weighted by molar-refractivity contribution is 0.0729. The van der Waals surface area contributed by atoms with E-state index in [1.165, 1.54) is 13.3 Å². The van der Waals surface area contributed by atoms with Gasteiger partial charge in [0.05, 0.1) is 25.5 Å². The van der Waals surface area contributed by atoms with E-state index in [4.69, 9.17) is 14.2 Å². The third kappa shape index (κ3) is 6.18. The SMILES string of the molecule is CCOc1ccc(C(=O)NN=Cc2ccc(OC(=O)c3cccc(Br)c3)c(OC)c2)cc1. The van der Waals surface area contributed by atoms with Crippen LogP contribution in [0.3, 0.4) is 0 Å². The number of halogens is 1. The molecule has 0 aliphatic rings. The van der Waals surface area contributed by atoms with Gasteiger partial charge >= 0.3 is 5.97 Å². The van der Waals surface area contributed by atoms with Crippen molar-refractivity contribution in [1.82, 2.24) is 5.43 Å². The number of nitrogens with zero attached hydrogens (tertiary/aromatic N) is 1. The molecule has 0 aromatic heterocycles. The van der Waals surface area contributed by atoms with Crippen LogP contribution in [-0.4, -0.2) is 31.8 Å². The molecular formula is C24H21BrN2O5. The first-order valence-electron chi connectivity index (χ1n) is 9.72. The quantitative estimate of drug-likeness (QED) is 0.208. The number of amides is 1. The molecule has 8 heteroatoms. The molecule has 7 nitrogen and oxygen atoms in total. The Bertz CT molecular complexity index is 1130. The predicted octanol–water partition coefficient (Wildman–Crippen LogP) is 4.84. The van der Waals surface area contributed by atoms with Crippen molar-refractivity contribution >= 4 is 34.0 Å². The summed E-state index contributed by atoms with van der Waals surface area (Å²) in [6, 6.07) is 18.6. The predicted molar refractivity (Wildman–Crippen MR) is 125 cm³/mol. The summed E-state index contributed by atoms with van der Waals surface area (Å²) in [4.78, 5) is 24.6. The maximum atomic E-state index is 12.4. The summed E-state index contributed by atoms with van der Waals surface area (Å²) in [5.74, 6) is 0.466. The lowest BCUT2D eigenvalue weighted by Crippen LogP contribution is -2.17. The Kier molecular flexibility index (Phi) is 7.99. The number of ether oxygens (including phenoxy) is 3. The van der Waals surface area contributed by atoms with Crippen LogP contribution >= 0.6 is 15.9 Å². The van der Waals surface area contributed by atoms with Gasteiger partial charge in [0.25, 0.3) is 5.91 Å². The molecular weight excluding hydrogens is 476 g/mol. The van der Waals surface area contributed by atoms with Crippen molar-refractivity contribution in [3.8, 4) is 17.2 Å². The number of methoxy groups -OCH3 is 1. The van der Waals surface area contributed by atoms with E-state index in [9.17, 15) is 9.59 Å². The number of carbonyl (C=O) groups is 2. The number of benzene rings is 3. The van der Waals surface area contributed by atoms with Gasteiger partial charge in [-0.15, -0.1) is 0 Å². The van der Waals surface area contributed by atoms with E-state index in [-0.39, 0.29) is 11.7 Å². The Morgan fingerprint density at radius 1 is 1.00 bits per heavy atom. The Balaban J connectivity index is 1.64. The van der Waals surface area contributed by atoms with Crippen molar-refractivity contribution < 1.29 is 23.8 Å². The highest BCUT2D eigenvalue weighted by Gasteiger charge is 2.13. The Labute approximate surface area is 194 Å². The Hall–Kier alpha value is -3.65. The first kappa shape index (κ1) is 23.0. The molecule has 3 aromatic rings. The second-order valence-electron chi connectivity index (χ2n) is 6.47. The summed E-state index contributed by atoms with van der Waals surface area (Å²) >= 11 is 3.33.